The van der Waals surface area contributed by atoms with Crippen molar-refractivity contribution in [2.75, 3.05) is 18.1 Å². The molecular formula is C12H13N3O3S2. The molecule has 2 aromatic heterocycles. The van der Waals surface area contributed by atoms with E-state index in [1.54, 1.807) is 23.1 Å². The molecule has 0 amide bonds. The number of thiophene rings is 1. The zero-order valence-corrected chi connectivity index (χ0v) is 12.2. The van der Waals surface area contributed by atoms with Crippen LogP contribution in [0, 0.1) is 0 Å². The van der Waals surface area contributed by atoms with Gasteiger partial charge in [-0.1, -0.05) is 11.2 Å². The third kappa shape index (κ3) is 2.87. The van der Waals surface area contributed by atoms with E-state index in [0.29, 0.717) is 24.0 Å². The van der Waals surface area contributed by atoms with E-state index in [4.69, 9.17) is 4.52 Å². The molecule has 1 N–H and O–H groups in total. The van der Waals surface area contributed by atoms with Gasteiger partial charge in [0.05, 0.1) is 11.4 Å². The fraction of sp³-hybridized carbons (Fsp3) is 0.417. The standard InChI is InChI=1S/C12H13N3O3S2/c16-12(17)8-7-19-5-3-15(8)6-10-13-11(14-18-10)9-2-1-4-20-9/h1-2,4,8H,3,5-7H2,(H,16,17). The van der Waals surface area contributed by atoms with Crippen molar-refractivity contribution in [3.05, 3.63) is 23.4 Å². The highest BCUT2D eigenvalue weighted by molar-refractivity contribution is 7.99. The molecule has 20 heavy (non-hydrogen) atoms. The maximum atomic E-state index is 11.2. The van der Waals surface area contributed by atoms with E-state index in [9.17, 15) is 9.90 Å². The number of aliphatic carboxylic acids is 1. The Morgan fingerprint density at radius 2 is 2.50 bits per heavy atom. The van der Waals surface area contributed by atoms with Gasteiger partial charge in [-0.3, -0.25) is 9.69 Å². The van der Waals surface area contributed by atoms with Crippen LogP contribution in [0.25, 0.3) is 10.7 Å². The monoisotopic (exact) mass is 311 g/mol. The lowest BCUT2D eigenvalue weighted by atomic mass is 10.2. The second kappa shape index (κ2) is 5.94. The van der Waals surface area contributed by atoms with Crippen LogP contribution in [0.2, 0.25) is 0 Å². The second-order valence-electron chi connectivity index (χ2n) is 4.39. The fourth-order valence-electron chi connectivity index (χ4n) is 2.05. The van der Waals surface area contributed by atoms with Gasteiger partial charge < -0.3 is 9.63 Å². The van der Waals surface area contributed by atoms with Crippen molar-refractivity contribution in [1.82, 2.24) is 15.0 Å². The van der Waals surface area contributed by atoms with E-state index in [0.717, 1.165) is 17.2 Å². The first-order chi connectivity index (χ1) is 9.74. The first kappa shape index (κ1) is 13.6. The van der Waals surface area contributed by atoms with Crippen LogP contribution in [0.15, 0.2) is 22.0 Å². The average molecular weight is 311 g/mol. The van der Waals surface area contributed by atoms with Gasteiger partial charge >= 0.3 is 5.97 Å². The lowest BCUT2D eigenvalue weighted by Crippen LogP contribution is -2.46. The summed E-state index contributed by atoms with van der Waals surface area (Å²) in [6, 6.07) is 3.38. The van der Waals surface area contributed by atoms with Crippen molar-refractivity contribution in [3.63, 3.8) is 0 Å². The van der Waals surface area contributed by atoms with Crippen molar-refractivity contribution in [2.45, 2.75) is 12.6 Å². The molecule has 106 valence electrons. The van der Waals surface area contributed by atoms with Gasteiger partial charge in [0.25, 0.3) is 0 Å². The van der Waals surface area contributed by atoms with Crippen LogP contribution in [0.5, 0.6) is 0 Å². The Labute approximate surface area is 123 Å². The Balaban J connectivity index is 1.72. The Bertz CT molecular complexity index is 585. The maximum absolute atomic E-state index is 11.2. The number of hydrogen-bond donors (Lipinski definition) is 1. The van der Waals surface area contributed by atoms with Crippen LogP contribution >= 0.6 is 23.1 Å². The molecule has 1 aliphatic heterocycles. The lowest BCUT2D eigenvalue weighted by molar-refractivity contribution is -0.142. The minimum Gasteiger partial charge on any atom is -0.480 e. The van der Waals surface area contributed by atoms with E-state index >= 15 is 0 Å². The second-order valence-corrected chi connectivity index (χ2v) is 6.49. The molecule has 1 unspecified atom stereocenters. The molecule has 3 heterocycles. The summed E-state index contributed by atoms with van der Waals surface area (Å²) in [4.78, 5) is 18.4. The third-order valence-electron chi connectivity index (χ3n) is 3.07. The van der Waals surface area contributed by atoms with Gasteiger partial charge in [-0.15, -0.1) is 11.3 Å². The molecule has 0 spiro atoms. The summed E-state index contributed by atoms with van der Waals surface area (Å²) in [5, 5.41) is 15.1. The molecule has 0 radical (unpaired) electrons. The highest BCUT2D eigenvalue weighted by Crippen LogP contribution is 2.23. The average Bonchev–Trinajstić information content (AvgIpc) is 3.09. The van der Waals surface area contributed by atoms with Gasteiger partial charge in [0.15, 0.2) is 0 Å². The summed E-state index contributed by atoms with van der Waals surface area (Å²) >= 11 is 3.21. The molecule has 1 saturated heterocycles. The molecule has 6 nitrogen and oxygen atoms in total. The van der Waals surface area contributed by atoms with Crippen LogP contribution in [-0.2, 0) is 11.3 Å². The van der Waals surface area contributed by atoms with Crippen molar-refractivity contribution >= 4 is 29.1 Å². The largest absolute Gasteiger partial charge is 0.480 e. The van der Waals surface area contributed by atoms with Gasteiger partial charge in [-0.05, 0) is 11.4 Å². The first-order valence-corrected chi connectivity index (χ1v) is 8.18. The number of nitrogens with zero attached hydrogens (tertiary/aromatic N) is 3. The molecule has 8 heteroatoms. The van der Waals surface area contributed by atoms with Crippen molar-refractivity contribution in [1.29, 1.82) is 0 Å². The minimum atomic E-state index is -0.796. The number of carboxylic acids is 1. The Kier molecular flexibility index (Phi) is 4.04. The molecule has 1 aliphatic rings. The lowest BCUT2D eigenvalue weighted by Gasteiger charge is -2.31. The molecule has 1 atom stereocenters. The highest BCUT2D eigenvalue weighted by atomic mass is 32.2. The quantitative estimate of drug-likeness (QED) is 0.922. The number of thioether (sulfide) groups is 1. The number of aromatic nitrogens is 2. The van der Waals surface area contributed by atoms with Crippen molar-refractivity contribution in [2.24, 2.45) is 0 Å². The number of carboxylic acid groups (broad SMARTS) is 1. The summed E-state index contributed by atoms with van der Waals surface area (Å²) in [5.74, 6) is 1.76. The molecule has 0 aromatic carbocycles. The zero-order chi connectivity index (χ0) is 13.9. The van der Waals surface area contributed by atoms with Crippen LogP contribution in [0.3, 0.4) is 0 Å². The van der Waals surface area contributed by atoms with E-state index in [1.165, 1.54) is 0 Å². The zero-order valence-electron chi connectivity index (χ0n) is 10.6. The predicted molar refractivity (Wildman–Crippen MR) is 76.8 cm³/mol. The third-order valence-corrected chi connectivity index (χ3v) is 4.96. The van der Waals surface area contributed by atoms with E-state index in [1.807, 2.05) is 22.4 Å². The van der Waals surface area contributed by atoms with Gasteiger partial charge in [0, 0.05) is 18.1 Å². The predicted octanol–water partition coefficient (Wildman–Crippen LogP) is 1.80. The fourth-order valence-corrected chi connectivity index (χ4v) is 3.81. The Hall–Kier alpha value is -1.38. The first-order valence-electron chi connectivity index (χ1n) is 6.15. The number of carbonyl (C=O) groups is 1. The summed E-state index contributed by atoms with van der Waals surface area (Å²) in [7, 11) is 0. The Morgan fingerprint density at radius 1 is 1.60 bits per heavy atom. The topological polar surface area (TPSA) is 79.5 Å². The normalized spacial score (nSPS) is 20.1. The molecule has 3 rings (SSSR count). The summed E-state index contributed by atoms with van der Waals surface area (Å²) < 4.78 is 5.22. The summed E-state index contributed by atoms with van der Waals surface area (Å²) in [5.41, 5.74) is 0. The highest BCUT2D eigenvalue weighted by Gasteiger charge is 2.30. The molecular weight excluding hydrogens is 298 g/mol. The number of rotatable bonds is 4. The smallest absolute Gasteiger partial charge is 0.321 e. The number of hydrogen-bond acceptors (Lipinski definition) is 7. The van der Waals surface area contributed by atoms with Crippen LogP contribution < -0.4 is 0 Å². The van der Waals surface area contributed by atoms with E-state index in [2.05, 4.69) is 10.1 Å². The molecule has 0 saturated carbocycles. The summed E-state index contributed by atoms with van der Waals surface area (Å²) in [6.07, 6.45) is 0. The van der Waals surface area contributed by atoms with Crippen LogP contribution in [0.4, 0.5) is 0 Å². The summed E-state index contributed by atoms with van der Waals surface area (Å²) in [6.45, 7) is 1.11. The SMILES string of the molecule is O=C(O)C1CSCCN1Cc1nc(-c2cccs2)no1. The van der Waals surface area contributed by atoms with Crippen molar-refractivity contribution < 1.29 is 14.4 Å². The van der Waals surface area contributed by atoms with Crippen molar-refractivity contribution in [3.8, 4) is 10.7 Å². The van der Waals surface area contributed by atoms with Gasteiger partial charge in [0.2, 0.25) is 11.7 Å². The van der Waals surface area contributed by atoms with E-state index < -0.39 is 12.0 Å². The van der Waals surface area contributed by atoms with E-state index in [-0.39, 0.29) is 0 Å². The molecule has 0 aliphatic carbocycles. The van der Waals surface area contributed by atoms with Gasteiger partial charge in [-0.25, -0.2) is 0 Å². The minimum absolute atomic E-state index is 0.385. The molecule has 2 aromatic rings. The van der Waals surface area contributed by atoms with Crippen LogP contribution in [-0.4, -0.2) is 50.2 Å². The Morgan fingerprint density at radius 3 is 3.25 bits per heavy atom. The molecule has 1 fully saturated rings. The maximum Gasteiger partial charge on any atom is 0.321 e. The molecule has 0 bridgehead atoms. The van der Waals surface area contributed by atoms with Crippen LogP contribution in [0.1, 0.15) is 5.89 Å². The van der Waals surface area contributed by atoms with Gasteiger partial charge in [0.1, 0.15) is 6.04 Å². The van der Waals surface area contributed by atoms with Gasteiger partial charge in [-0.2, -0.15) is 16.7 Å².